The predicted molar refractivity (Wildman–Crippen MR) is 101 cm³/mol. The van der Waals surface area contributed by atoms with Crippen molar-refractivity contribution in [2.45, 2.75) is 50.7 Å². The molecule has 142 valence electrons. The fraction of sp³-hybridized carbons (Fsp3) is 0.700. The molecule has 6 nitrogen and oxygen atoms in total. The maximum atomic E-state index is 12.8. The van der Waals surface area contributed by atoms with E-state index in [-0.39, 0.29) is 5.91 Å². The van der Waals surface area contributed by atoms with Gasteiger partial charge in [-0.05, 0) is 50.7 Å². The van der Waals surface area contributed by atoms with Crippen LogP contribution in [0.5, 0.6) is 0 Å². The maximum Gasteiger partial charge on any atom is 0.257 e. The molecule has 1 N–H and O–H groups in total. The van der Waals surface area contributed by atoms with Gasteiger partial charge in [0.25, 0.3) is 5.91 Å². The predicted octanol–water partition coefficient (Wildman–Crippen LogP) is 2.37. The highest BCUT2D eigenvalue weighted by atomic mass is 16.5. The highest BCUT2D eigenvalue weighted by Crippen LogP contribution is 2.22. The summed E-state index contributed by atoms with van der Waals surface area (Å²) in [4.78, 5) is 21.7. The molecule has 1 atom stereocenters. The fourth-order valence-electron chi connectivity index (χ4n) is 4.31. The van der Waals surface area contributed by atoms with Crippen LogP contribution in [0, 0.1) is 0 Å². The van der Waals surface area contributed by atoms with E-state index in [0.717, 1.165) is 76.4 Å². The average Bonchev–Trinajstić information content (AvgIpc) is 3.37. The lowest BCUT2D eigenvalue weighted by Gasteiger charge is -2.34. The van der Waals surface area contributed by atoms with E-state index in [9.17, 15) is 4.79 Å². The molecule has 0 aliphatic carbocycles. The number of rotatable bonds is 5. The van der Waals surface area contributed by atoms with Gasteiger partial charge < -0.3 is 19.9 Å². The summed E-state index contributed by atoms with van der Waals surface area (Å²) in [6.45, 7) is 5.90. The Balaban J connectivity index is 1.32. The summed E-state index contributed by atoms with van der Waals surface area (Å²) in [5.74, 6) is 0.871. The van der Waals surface area contributed by atoms with Crippen molar-refractivity contribution in [3.05, 3.63) is 23.9 Å². The number of hydrogen-bond acceptors (Lipinski definition) is 5. The second-order valence-corrected chi connectivity index (χ2v) is 7.75. The van der Waals surface area contributed by atoms with E-state index < -0.39 is 0 Å². The summed E-state index contributed by atoms with van der Waals surface area (Å²) in [6.07, 6.45) is 9.00. The fourth-order valence-corrected chi connectivity index (χ4v) is 4.31. The molecular weight excluding hydrogens is 328 g/mol. The highest BCUT2D eigenvalue weighted by Gasteiger charge is 2.26. The van der Waals surface area contributed by atoms with Crippen molar-refractivity contribution in [2.75, 3.05) is 44.6 Å². The summed E-state index contributed by atoms with van der Waals surface area (Å²) in [7, 11) is 0. The Morgan fingerprint density at radius 2 is 1.96 bits per heavy atom. The summed E-state index contributed by atoms with van der Waals surface area (Å²) < 4.78 is 5.76. The van der Waals surface area contributed by atoms with E-state index in [4.69, 9.17) is 4.74 Å². The van der Waals surface area contributed by atoms with Gasteiger partial charge in [-0.3, -0.25) is 4.79 Å². The molecule has 3 saturated heterocycles. The van der Waals surface area contributed by atoms with E-state index >= 15 is 0 Å². The Labute approximate surface area is 155 Å². The number of likely N-dealkylation sites (tertiary alicyclic amines) is 2. The molecule has 3 aliphatic rings. The quantitative estimate of drug-likeness (QED) is 0.876. The van der Waals surface area contributed by atoms with Gasteiger partial charge in [0.1, 0.15) is 5.82 Å². The highest BCUT2D eigenvalue weighted by molar-refractivity contribution is 5.98. The van der Waals surface area contributed by atoms with E-state index in [1.807, 2.05) is 17.0 Å². The molecule has 0 bridgehead atoms. The van der Waals surface area contributed by atoms with Crippen LogP contribution in [-0.4, -0.2) is 72.2 Å². The van der Waals surface area contributed by atoms with E-state index in [2.05, 4.69) is 15.2 Å². The molecule has 4 heterocycles. The lowest BCUT2D eigenvalue weighted by atomic mass is 10.0. The first-order chi connectivity index (χ1) is 12.8. The average molecular weight is 358 g/mol. The molecule has 4 rings (SSSR count). The van der Waals surface area contributed by atoms with Crippen LogP contribution in [0.15, 0.2) is 18.3 Å². The van der Waals surface area contributed by atoms with Crippen LogP contribution in [0.25, 0.3) is 0 Å². The Bertz CT molecular complexity index is 604. The van der Waals surface area contributed by atoms with Crippen LogP contribution in [-0.2, 0) is 4.74 Å². The lowest BCUT2D eigenvalue weighted by molar-refractivity contribution is 0.0653. The Morgan fingerprint density at radius 3 is 2.69 bits per heavy atom. The van der Waals surface area contributed by atoms with E-state index in [1.54, 1.807) is 6.20 Å². The van der Waals surface area contributed by atoms with Gasteiger partial charge in [0, 0.05) is 51.6 Å². The summed E-state index contributed by atoms with van der Waals surface area (Å²) in [5.41, 5.74) is 0.719. The normalized spacial score (nSPS) is 24.9. The van der Waals surface area contributed by atoms with E-state index in [0.29, 0.717) is 12.1 Å². The summed E-state index contributed by atoms with van der Waals surface area (Å²) in [5, 5.41) is 3.55. The number of ether oxygens (including phenoxy) is 1. The molecule has 1 aromatic heterocycles. The van der Waals surface area contributed by atoms with Gasteiger partial charge in [-0.15, -0.1) is 0 Å². The number of pyridine rings is 1. The second kappa shape index (κ2) is 8.35. The van der Waals surface area contributed by atoms with Gasteiger partial charge in [0.15, 0.2) is 0 Å². The number of amides is 1. The van der Waals surface area contributed by atoms with Gasteiger partial charge in [-0.1, -0.05) is 0 Å². The van der Waals surface area contributed by atoms with Gasteiger partial charge in [-0.25, -0.2) is 4.98 Å². The zero-order valence-corrected chi connectivity index (χ0v) is 15.5. The van der Waals surface area contributed by atoms with Gasteiger partial charge >= 0.3 is 0 Å². The van der Waals surface area contributed by atoms with Crippen molar-refractivity contribution in [1.29, 1.82) is 0 Å². The first-order valence-electron chi connectivity index (χ1n) is 10.1. The van der Waals surface area contributed by atoms with Crippen LogP contribution in [0.1, 0.15) is 48.9 Å². The number of nitrogens with zero attached hydrogens (tertiary/aromatic N) is 3. The van der Waals surface area contributed by atoms with Crippen molar-refractivity contribution in [3.63, 3.8) is 0 Å². The third-order valence-corrected chi connectivity index (χ3v) is 5.85. The molecule has 0 spiro atoms. The molecule has 1 amide bonds. The summed E-state index contributed by atoms with van der Waals surface area (Å²) in [6, 6.07) is 4.15. The first-order valence-corrected chi connectivity index (χ1v) is 10.1. The number of aromatic nitrogens is 1. The van der Waals surface area contributed by atoms with Crippen molar-refractivity contribution >= 4 is 11.7 Å². The third kappa shape index (κ3) is 4.18. The number of anilines is 1. The van der Waals surface area contributed by atoms with E-state index in [1.165, 1.54) is 12.8 Å². The van der Waals surface area contributed by atoms with Crippen molar-refractivity contribution < 1.29 is 9.53 Å². The Hall–Kier alpha value is -1.66. The first kappa shape index (κ1) is 17.7. The number of carbonyl (C=O) groups is 1. The number of carbonyl (C=O) groups excluding carboxylic acids is 1. The third-order valence-electron chi connectivity index (χ3n) is 5.85. The lowest BCUT2D eigenvalue weighted by Crippen LogP contribution is -2.42. The molecule has 0 aromatic carbocycles. The smallest absolute Gasteiger partial charge is 0.257 e. The molecule has 0 saturated carbocycles. The minimum absolute atomic E-state index is 0.119. The monoisotopic (exact) mass is 358 g/mol. The summed E-state index contributed by atoms with van der Waals surface area (Å²) >= 11 is 0. The van der Waals surface area contributed by atoms with Crippen LogP contribution < -0.4 is 5.32 Å². The molecule has 3 fully saturated rings. The van der Waals surface area contributed by atoms with Gasteiger partial charge in [-0.2, -0.15) is 0 Å². The van der Waals surface area contributed by atoms with Crippen LogP contribution in [0.2, 0.25) is 0 Å². The maximum absolute atomic E-state index is 12.8. The van der Waals surface area contributed by atoms with Gasteiger partial charge in [0.2, 0.25) is 0 Å². The molecule has 6 heteroatoms. The topological polar surface area (TPSA) is 57.7 Å². The second-order valence-electron chi connectivity index (χ2n) is 7.75. The minimum Gasteiger partial charge on any atom is -0.377 e. The number of nitrogens with one attached hydrogen (secondary N) is 1. The van der Waals surface area contributed by atoms with Crippen molar-refractivity contribution in [3.8, 4) is 0 Å². The molecule has 26 heavy (non-hydrogen) atoms. The van der Waals surface area contributed by atoms with Crippen molar-refractivity contribution in [2.24, 2.45) is 0 Å². The van der Waals surface area contributed by atoms with Crippen LogP contribution in [0.4, 0.5) is 5.82 Å². The van der Waals surface area contributed by atoms with Crippen molar-refractivity contribution in [1.82, 2.24) is 14.8 Å². The zero-order chi connectivity index (χ0) is 17.8. The molecule has 3 aliphatic heterocycles. The minimum atomic E-state index is 0.119. The zero-order valence-electron chi connectivity index (χ0n) is 15.5. The van der Waals surface area contributed by atoms with Crippen LogP contribution in [0.3, 0.4) is 0 Å². The SMILES string of the molecule is O=C(c1cccnc1NC1CCN(CC2CCCO2)CC1)N1CCCC1. The standard InChI is InChI=1S/C20H30N4O2/c25-20(24-10-1-2-11-24)18-6-3-9-21-19(18)22-16-7-12-23(13-8-16)15-17-5-4-14-26-17/h3,6,9,16-17H,1-2,4-5,7-8,10-15H2,(H,21,22). The van der Waals surface area contributed by atoms with Gasteiger partial charge in [0.05, 0.1) is 11.7 Å². The molecule has 0 radical (unpaired) electrons. The number of hydrogen-bond donors (Lipinski definition) is 1. The molecule has 1 unspecified atom stereocenters. The Morgan fingerprint density at radius 1 is 1.15 bits per heavy atom. The Kier molecular flexibility index (Phi) is 5.70. The largest absolute Gasteiger partial charge is 0.377 e. The number of piperidine rings is 1. The molecular formula is C20H30N4O2. The molecule has 1 aromatic rings. The van der Waals surface area contributed by atoms with Crippen LogP contribution >= 0.6 is 0 Å².